The molecule has 1 saturated carbocycles. The quantitative estimate of drug-likeness (QED) is 0.857. The van der Waals surface area contributed by atoms with E-state index in [1.165, 1.54) is 32.5 Å². The monoisotopic (exact) mass is 343 g/mol. The summed E-state index contributed by atoms with van der Waals surface area (Å²) in [6, 6.07) is 10.2. The van der Waals surface area contributed by atoms with Crippen LogP contribution in [0.2, 0.25) is 0 Å². The highest BCUT2D eigenvalue weighted by atomic mass is 35.5. The minimum atomic E-state index is 0. The number of piperidine rings is 3. The van der Waals surface area contributed by atoms with Gasteiger partial charge in [0.05, 0.1) is 18.1 Å². The van der Waals surface area contributed by atoms with Crippen LogP contribution in [0.5, 0.6) is 5.88 Å². The van der Waals surface area contributed by atoms with Crippen LogP contribution in [0.1, 0.15) is 12.8 Å². The van der Waals surface area contributed by atoms with E-state index in [0.717, 1.165) is 17.2 Å². The lowest BCUT2D eigenvalue weighted by atomic mass is 9.66. The lowest BCUT2D eigenvalue weighted by Crippen LogP contribution is -2.61. The van der Waals surface area contributed by atoms with E-state index in [4.69, 9.17) is 9.72 Å². The second-order valence-electron chi connectivity index (χ2n) is 7.27. The molecule has 0 amide bonds. The Labute approximate surface area is 148 Å². The van der Waals surface area contributed by atoms with Crippen molar-refractivity contribution in [2.24, 2.45) is 17.8 Å². The van der Waals surface area contributed by atoms with Crippen LogP contribution in [0.25, 0.3) is 11.3 Å². The van der Waals surface area contributed by atoms with E-state index in [-0.39, 0.29) is 12.4 Å². The molecule has 0 N–H and O–H groups in total. The van der Waals surface area contributed by atoms with Crippen LogP contribution in [0.15, 0.2) is 42.7 Å². The fourth-order valence-electron chi connectivity index (χ4n) is 4.85. The van der Waals surface area contributed by atoms with Crippen LogP contribution < -0.4 is 4.74 Å². The SMILES string of the molecule is Cl.c1ccc(-c2cncc(OC3C4CC5CC3CN(C5)C4)n2)cc1. The molecular weight excluding hydrogens is 322 g/mol. The highest BCUT2D eigenvalue weighted by Crippen LogP contribution is 2.44. The fourth-order valence-corrected chi connectivity index (χ4v) is 4.85. The molecule has 4 bridgehead atoms. The molecule has 3 saturated heterocycles. The number of nitrogens with zero attached hydrogens (tertiary/aromatic N) is 3. The van der Waals surface area contributed by atoms with E-state index in [2.05, 4.69) is 22.0 Å². The second kappa shape index (κ2) is 6.34. The summed E-state index contributed by atoms with van der Waals surface area (Å²) in [5, 5.41) is 0. The first-order valence-corrected chi connectivity index (χ1v) is 8.61. The van der Waals surface area contributed by atoms with E-state index in [9.17, 15) is 0 Å². The molecule has 2 unspecified atom stereocenters. The van der Waals surface area contributed by atoms with Gasteiger partial charge in [-0.2, -0.15) is 0 Å². The molecule has 3 aliphatic heterocycles. The number of benzene rings is 1. The van der Waals surface area contributed by atoms with Crippen molar-refractivity contribution in [3.05, 3.63) is 42.7 Å². The number of ether oxygens (including phenoxy) is 1. The van der Waals surface area contributed by atoms with Crippen LogP contribution in [0.4, 0.5) is 0 Å². The molecular formula is C19H22ClN3O. The Morgan fingerprint density at radius 2 is 1.71 bits per heavy atom. The molecule has 4 heterocycles. The Morgan fingerprint density at radius 3 is 2.42 bits per heavy atom. The molecule has 6 rings (SSSR count). The van der Waals surface area contributed by atoms with Crippen molar-refractivity contribution >= 4 is 12.4 Å². The average Bonchev–Trinajstić information content (AvgIpc) is 2.59. The first-order valence-electron chi connectivity index (χ1n) is 8.61. The first-order chi connectivity index (χ1) is 11.3. The second-order valence-corrected chi connectivity index (χ2v) is 7.27. The van der Waals surface area contributed by atoms with Gasteiger partial charge < -0.3 is 9.64 Å². The summed E-state index contributed by atoms with van der Waals surface area (Å²) in [4.78, 5) is 11.7. The molecule has 4 nitrogen and oxygen atoms in total. The number of rotatable bonds is 3. The summed E-state index contributed by atoms with van der Waals surface area (Å²) in [7, 11) is 0. The molecule has 0 radical (unpaired) electrons. The lowest BCUT2D eigenvalue weighted by Gasteiger charge is -2.55. The van der Waals surface area contributed by atoms with Crippen LogP contribution in [0.3, 0.4) is 0 Å². The van der Waals surface area contributed by atoms with Gasteiger partial charge in [-0.25, -0.2) is 4.98 Å². The minimum Gasteiger partial charge on any atom is -0.473 e. The van der Waals surface area contributed by atoms with Crippen LogP contribution in [0, 0.1) is 17.8 Å². The molecule has 126 valence electrons. The number of hydrogen-bond donors (Lipinski definition) is 0. The van der Waals surface area contributed by atoms with Gasteiger partial charge in [0, 0.05) is 37.0 Å². The summed E-state index contributed by atoms with van der Waals surface area (Å²) in [5.74, 6) is 2.92. The van der Waals surface area contributed by atoms with E-state index < -0.39 is 0 Å². The summed E-state index contributed by atoms with van der Waals surface area (Å²) in [6.07, 6.45) is 6.54. The third-order valence-corrected chi connectivity index (χ3v) is 5.64. The Bertz CT molecular complexity index is 681. The summed E-state index contributed by atoms with van der Waals surface area (Å²) >= 11 is 0. The van der Waals surface area contributed by atoms with Gasteiger partial charge in [-0.05, 0) is 18.8 Å². The highest BCUT2D eigenvalue weighted by Gasteiger charge is 2.48. The molecule has 1 aliphatic carbocycles. The van der Waals surface area contributed by atoms with Gasteiger partial charge in [0.1, 0.15) is 6.10 Å². The maximum atomic E-state index is 6.35. The summed E-state index contributed by atoms with van der Waals surface area (Å²) in [5.41, 5.74) is 1.97. The Kier molecular flexibility index (Phi) is 4.19. The fraction of sp³-hybridized carbons (Fsp3) is 0.474. The molecule has 1 aromatic heterocycles. The zero-order valence-electron chi connectivity index (χ0n) is 13.5. The number of halogens is 1. The van der Waals surface area contributed by atoms with Gasteiger partial charge in [0.25, 0.3) is 0 Å². The average molecular weight is 344 g/mol. The van der Waals surface area contributed by atoms with Crippen molar-refractivity contribution in [1.29, 1.82) is 0 Å². The van der Waals surface area contributed by atoms with Crippen LogP contribution in [-0.2, 0) is 0 Å². The normalized spacial score (nSPS) is 33.1. The summed E-state index contributed by atoms with van der Waals surface area (Å²) in [6.45, 7) is 3.70. The topological polar surface area (TPSA) is 38.2 Å². The highest BCUT2D eigenvalue weighted by molar-refractivity contribution is 5.85. The smallest absolute Gasteiger partial charge is 0.233 e. The maximum absolute atomic E-state index is 6.35. The van der Waals surface area contributed by atoms with Gasteiger partial charge in [-0.1, -0.05) is 30.3 Å². The van der Waals surface area contributed by atoms with Gasteiger partial charge in [-0.3, -0.25) is 4.98 Å². The molecule has 1 aromatic carbocycles. The zero-order chi connectivity index (χ0) is 15.2. The molecule has 24 heavy (non-hydrogen) atoms. The molecule has 4 fully saturated rings. The molecule has 4 aliphatic rings. The molecule has 0 spiro atoms. The third kappa shape index (κ3) is 2.78. The van der Waals surface area contributed by atoms with Gasteiger partial charge >= 0.3 is 0 Å². The van der Waals surface area contributed by atoms with Gasteiger partial charge in [0.15, 0.2) is 0 Å². The minimum absolute atomic E-state index is 0. The number of hydrogen-bond acceptors (Lipinski definition) is 4. The Morgan fingerprint density at radius 1 is 0.958 bits per heavy atom. The van der Waals surface area contributed by atoms with Crippen molar-refractivity contribution in [1.82, 2.24) is 14.9 Å². The van der Waals surface area contributed by atoms with Crippen molar-refractivity contribution < 1.29 is 4.74 Å². The molecule has 5 heteroatoms. The van der Waals surface area contributed by atoms with Gasteiger partial charge in [-0.15, -0.1) is 12.4 Å². The van der Waals surface area contributed by atoms with Crippen molar-refractivity contribution in [2.45, 2.75) is 18.9 Å². The molecule has 2 aromatic rings. The Balaban J connectivity index is 0.00000146. The van der Waals surface area contributed by atoms with E-state index in [1.807, 2.05) is 24.4 Å². The van der Waals surface area contributed by atoms with Crippen molar-refractivity contribution in [3.63, 3.8) is 0 Å². The van der Waals surface area contributed by atoms with Gasteiger partial charge in [0.2, 0.25) is 5.88 Å². The maximum Gasteiger partial charge on any atom is 0.233 e. The van der Waals surface area contributed by atoms with Crippen molar-refractivity contribution in [3.8, 4) is 17.1 Å². The summed E-state index contributed by atoms with van der Waals surface area (Å²) < 4.78 is 6.35. The predicted octanol–water partition coefficient (Wildman–Crippen LogP) is 3.28. The Hall–Kier alpha value is -1.65. The van der Waals surface area contributed by atoms with Crippen molar-refractivity contribution in [2.75, 3.05) is 19.6 Å². The van der Waals surface area contributed by atoms with E-state index >= 15 is 0 Å². The standard InChI is InChI=1S/C19H21N3O.ClH/c1-2-4-14(5-3-1)17-8-20-9-18(21-17)23-19-15-6-13-7-16(19)12-22(10-13)11-15;/h1-5,8-9,13,15-16,19H,6-7,10-12H2;1H. The lowest BCUT2D eigenvalue weighted by molar-refractivity contribution is -0.0998. The third-order valence-electron chi connectivity index (χ3n) is 5.64. The van der Waals surface area contributed by atoms with E-state index in [0.29, 0.717) is 23.8 Å². The van der Waals surface area contributed by atoms with E-state index in [1.54, 1.807) is 6.20 Å². The number of aromatic nitrogens is 2. The largest absolute Gasteiger partial charge is 0.473 e. The molecule has 2 atom stereocenters. The van der Waals surface area contributed by atoms with Crippen LogP contribution in [-0.4, -0.2) is 40.6 Å². The van der Waals surface area contributed by atoms with Crippen LogP contribution >= 0.6 is 12.4 Å². The zero-order valence-corrected chi connectivity index (χ0v) is 14.4. The predicted molar refractivity (Wildman–Crippen MR) is 95.3 cm³/mol. The first kappa shape index (κ1) is 15.9.